The molecular formula is C26H47NO4. The molecule has 1 fully saturated rings. The van der Waals surface area contributed by atoms with E-state index in [0.29, 0.717) is 5.57 Å². The number of aliphatic hydroxyl groups is 1. The van der Waals surface area contributed by atoms with Crippen LogP contribution in [0.3, 0.4) is 0 Å². The van der Waals surface area contributed by atoms with Gasteiger partial charge in [0.2, 0.25) is 0 Å². The molecule has 0 unspecified atom stereocenters. The second kappa shape index (κ2) is 14.7. The summed E-state index contributed by atoms with van der Waals surface area (Å²) in [5.41, 5.74) is 0.494. The van der Waals surface area contributed by atoms with Gasteiger partial charge in [-0.25, -0.2) is 9.69 Å². The maximum atomic E-state index is 12.8. The number of carbonyl (C=O) groups is 2. The number of carbonyl (C=O) groups excluding carboxylic acids is 2. The largest absolute Gasteiger partial charge is 0.447 e. The Morgan fingerprint density at radius 3 is 2.03 bits per heavy atom. The molecule has 0 saturated carbocycles. The van der Waals surface area contributed by atoms with Gasteiger partial charge < -0.3 is 9.84 Å². The minimum atomic E-state index is -0.565. The zero-order valence-electron chi connectivity index (χ0n) is 20.9. The Labute approximate surface area is 190 Å². The second-order valence-electron chi connectivity index (χ2n) is 10.1. The van der Waals surface area contributed by atoms with Crippen LogP contribution in [0.2, 0.25) is 0 Å². The van der Waals surface area contributed by atoms with Crippen molar-refractivity contribution in [3.8, 4) is 0 Å². The molecule has 1 rings (SSSR count). The molecule has 1 saturated heterocycles. The molecule has 1 aliphatic rings. The molecule has 31 heavy (non-hydrogen) atoms. The van der Waals surface area contributed by atoms with Gasteiger partial charge in [0, 0.05) is 11.5 Å². The number of aliphatic hydroxyl groups excluding tert-OH is 1. The highest BCUT2D eigenvalue weighted by molar-refractivity contribution is 6.03. The molecule has 0 radical (unpaired) electrons. The van der Waals surface area contributed by atoms with Crippen molar-refractivity contribution in [2.45, 2.75) is 118 Å². The number of cyclic esters (lactones) is 1. The van der Waals surface area contributed by atoms with Crippen molar-refractivity contribution in [1.29, 1.82) is 0 Å². The summed E-state index contributed by atoms with van der Waals surface area (Å²) in [5, 5.41) is 10.5. The van der Waals surface area contributed by atoms with Crippen LogP contribution in [-0.4, -0.2) is 40.8 Å². The Morgan fingerprint density at radius 2 is 1.52 bits per heavy atom. The monoisotopic (exact) mass is 437 g/mol. The number of rotatable bonds is 15. The summed E-state index contributed by atoms with van der Waals surface area (Å²) >= 11 is 0. The van der Waals surface area contributed by atoms with E-state index in [-0.39, 0.29) is 30.4 Å². The summed E-state index contributed by atoms with van der Waals surface area (Å²) in [6, 6.07) is -0.223. The average molecular weight is 438 g/mol. The number of amides is 2. The van der Waals surface area contributed by atoms with Gasteiger partial charge >= 0.3 is 6.09 Å². The lowest BCUT2D eigenvalue weighted by molar-refractivity contribution is -0.125. The van der Waals surface area contributed by atoms with Gasteiger partial charge in [0.25, 0.3) is 5.91 Å². The number of ether oxygens (including phenoxy) is 1. The molecule has 2 amide bonds. The average Bonchev–Trinajstić information content (AvgIpc) is 3.09. The highest BCUT2D eigenvalue weighted by Gasteiger charge is 2.39. The summed E-state index contributed by atoms with van der Waals surface area (Å²) in [6.45, 7) is 12.4. The molecule has 0 aliphatic carbocycles. The summed E-state index contributed by atoms with van der Waals surface area (Å²) in [7, 11) is 0. The fourth-order valence-electron chi connectivity index (χ4n) is 4.16. The molecular weight excluding hydrogens is 390 g/mol. The van der Waals surface area contributed by atoms with E-state index in [1.807, 2.05) is 20.8 Å². The van der Waals surface area contributed by atoms with Crippen molar-refractivity contribution < 1.29 is 19.4 Å². The first-order valence-corrected chi connectivity index (χ1v) is 12.5. The predicted octanol–water partition coefficient (Wildman–Crippen LogP) is 6.49. The highest BCUT2D eigenvalue weighted by Crippen LogP contribution is 2.23. The summed E-state index contributed by atoms with van der Waals surface area (Å²) in [4.78, 5) is 26.0. The molecule has 3 atom stereocenters. The van der Waals surface area contributed by atoms with Crippen LogP contribution in [0, 0.1) is 17.8 Å². The summed E-state index contributed by atoms with van der Waals surface area (Å²) in [5.74, 6) is 0.528. The SMILES string of the molecule is C/C(=C\[C@H](C)[C@H](O)CCCCCCCCCCC(C)C)C(=O)N1C(=O)OC[C@@H]1C(C)C. The van der Waals surface area contributed by atoms with Crippen molar-refractivity contribution in [3.63, 3.8) is 0 Å². The third-order valence-electron chi connectivity index (χ3n) is 6.38. The first kappa shape index (κ1) is 27.7. The van der Waals surface area contributed by atoms with Crippen molar-refractivity contribution >= 4 is 12.0 Å². The van der Waals surface area contributed by atoms with Gasteiger partial charge in [0.1, 0.15) is 6.61 Å². The molecule has 0 aromatic rings. The van der Waals surface area contributed by atoms with Crippen molar-refractivity contribution in [2.75, 3.05) is 6.61 Å². The fraction of sp³-hybridized carbons (Fsp3) is 0.846. The summed E-state index contributed by atoms with van der Waals surface area (Å²) in [6.07, 6.45) is 12.9. The van der Waals surface area contributed by atoms with Gasteiger partial charge in [-0.3, -0.25) is 4.79 Å². The van der Waals surface area contributed by atoms with Crippen LogP contribution < -0.4 is 0 Å². The molecule has 1 heterocycles. The number of imide groups is 1. The van der Waals surface area contributed by atoms with Crippen molar-refractivity contribution in [2.24, 2.45) is 17.8 Å². The van der Waals surface area contributed by atoms with Gasteiger partial charge in [0.15, 0.2) is 0 Å². The quantitative estimate of drug-likeness (QED) is 0.235. The molecule has 180 valence electrons. The van der Waals surface area contributed by atoms with Gasteiger partial charge in [0.05, 0.1) is 12.1 Å². The maximum Gasteiger partial charge on any atom is 0.417 e. The smallest absolute Gasteiger partial charge is 0.417 e. The van der Waals surface area contributed by atoms with Gasteiger partial charge in [-0.1, -0.05) is 98.5 Å². The number of hydrogen-bond acceptors (Lipinski definition) is 4. The fourth-order valence-corrected chi connectivity index (χ4v) is 4.16. The predicted molar refractivity (Wildman–Crippen MR) is 127 cm³/mol. The van der Waals surface area contributed by atoms with E-state index in [1.165, 1.54) is 49.8 Å². The number of unbranched alkanes of at least 4 members (excludes halogenated alkanes) is 7. The number of nitrogens with zero attached hydrogens (tertiary/aromatic N) is 1. The Balaban J connectivity index is 2.28. The van der Waals surface area contributed by atoms with Crippen LogP contribution in [0.15, 0.2) is 11.6 Å². The Morgan fingerprint density at radius 1 is 1.00 bits per heavy atom. The van der Waals surface area contributed by atoms with Crippen LogP contribution in [0.5, 0.6) is 0 Å². The Kier molecular flexibility index (Phi) is 13.1. The number of hydrogen-bond donors (Lipinski definition) is 1. The Bertz CT molecular complexity index is 570. The van der Waals surface area contributed by atoms with E-state index in [1.54, 1.807) is 13.0 Å². The normalized spacial score (nSPS) is 19.3. The first-order chi connectivity index (χ1) is 14.6. The van der Waals surface area contributed by atoms with Crippen LogP contribution in [0.4, 0.5) is 4.79 Å². The lowest BCUT2D eigenvalue weighted by atomic mass is 9.95. The van der Waals surface area contributed by atoms with E-state index in [4.69, 9.17) is 4.74 Å². The zero-order chi connectivity index (χ0) is 23.4. The van der Waals surface area contributed by atoms with Crippen LogP contribution >= 0.6 is 0 Å². The van der Waals surface area contributed by atoms with Crippen molar-refractivity contribution in [3.05, 3.63) is 11.6 Å². The molecule has 0 aromatic heterocycles. The maximum absolute atomic E-state index is 12.8. The molecule has 0 aromatic carbocycles. The topological polar surface area (TPSA) is 66.8 Å². The van der Waals surface area contributed by atoms with Gasteiger partial charge in [-0.05, 0) is 25.2 Å². The first-order valence-electron chi connectivity index (χ1n) is 12.5. The molecule has 5 heteroatoms. The van der Waals surface area contributed by atoms with Gasteiger partial charge in [-0.2, -0.15) is 0 Å². The van der Waals surface area contributed by atoms with E-state index >= 15 is 0 Å². The van der Waals surface area contributed by atoms with Crippen LogP contribution in [-0.2, 0) is 9.53 Å². The van der Waals surface area contributed by atoms with E-state index < -0.39 is 12.2 Å². The lowest BCUT2D eigenvalue weighted by Crippen LogP contribution is -2.42. The van der Waals surface area contributed by atoms with Gasteiger partial charge in [-0.15, -0.1) is 0 Å². The molecule has 1 aliphatic heterocycles. The lowest BCUT2D eigenvalue weighted by Gasteiger charge is -2.23. The highest BCUT2D eigenvalue weighted by atomic mass is 16.6. The minimum Gasteiger partial charge on any atom is -0.447 e. The van der Waals surface area contributed by atoms with E-state index in [9.17, 15) is 14.7 Å². The summed E-state index contributed by atoms with van der Waals surface area (Å²) < 4.78 is 5.07. The third kappa shape index (κ3) is 10.2. The molecule has 0 spiro atoms. The van der Waals surface area contributed by atoms with E-state index in [0.717, 1.165) is 25.2 Å². The molecule has 5 nitrogen and oxygen atoms in total. The van der Waals surface area contributed by atoms with E-state index in [2.05, 4.69) is 13.8 Å². The van der Waals surface area contributed by atoms with Crippen LogP contribution in [0.25, 0.3) is 0 Å². The molecule has 1 N–H and O–H groups in total. The van der Waals surface area contributed by atoms with Crippen LogP contribution in [0.1, 0.15) is 106 Å². The zero-order valence-corrected chi connectivity index (χ0v) is 20.9. The minimum absolute atomic E-state index is 0.124. The second-order valence-corrected chi connectivity index (χ2v) is 10.1. The van der Waals surface area contributed by atoms with Crippen molar-refractivity contribution in [1.82, 2.24) is 4.90 Å². The third-order valence-corrected chi connectivity index (χ3v) is 6.38. The Hall–Kier alpha value is -1.36. The standard InChI is InChI=1S/C26H47NO4/c1-19(2)15-13-11-9-7-8-10-12-14-16-24(28)21(5)17-22(6)25(29)27-23(20(3)4)18-31-26(27)30/h17,19-21,23-24,28H,7-16,18H2,1-6H3/b22-17+/t21-,23+,24+/m0/s1. The molecule has 0 bridgehead atoms.